The molecule has 8 heteroatoms. The predicted octanol–water partition coefficient (Wildman–Crippen LogP) is 3.31. The lowest BCUT2D eigenvalue weighted by Gasteiger charge is -2.38. The van der Waals surface area contributed by atoms with E-state index in [2.05, 4.69) is 6.07 Å². The van der Waals surface area contributed by atoms with E-state index in [1.165, 1.54) is 17.1 Å². The van der Waals surface area contributed by atoms with Gasteiger partial charge < -0.3 is 19.1 Å². The molecule has 0 radical (unpaired) electrons. The van der Waals surface area contributed by atoms with Gasteiger partial charge in [-0.1, -0.05) is 30.9 Å². The Kier molecular flexibility index (Phi) is 6.10. The lowest BCUT2D eigenvalue weighted by atomic mass is 9.81. The molecule has 0 aromatic heterocycles. The Balaban J connectivity index is 1.55. The van der Waals surface area contributed by atoms with Gasteiger partial charge >= 0.3 is 5.97 Å². The Bertz CT molecular complexity index is 840. The second-order valence-electron chi connectivity index (χ2n) is 6.83. The van der Waals surface area contributed by atoms with E-state index in [4.69, 9.17) is 25.8 Å². The van der Waals surface area contributed by atoms with Crippen LogP contribution in [0.5, 0.6) is 11.5 Å². The Hall–Kier alpha value is -2.72. The third-order valence-electron chi connectivity index (χ3n) is 5.10. The summed E-state index contributed by atoms with van der Waals surface area (Å²) in [5.41, 5.74) is -0.166. The molecule has 1 aliphatic carbocycles. The first-order valence-corrected chi connectivity index (χ1v) is 9.45. The number of benzene rings is 1. The molecule has 2 aliphatic rings. The molecule has 1 saturated carbocycles. The van der Waals surface area contributed by atoms with Crippen LogP contribution in [0.25, 0.3) is 6.08 Å². The van der Waals surface area contributed by atoms with Crippen molar-refractivity contribution in [2.24, 2.45) is 0 Å². The number of likely N-dealkylation sites (N-methyl/N-ethyl adjacent to an activating group) is 1. The second kappa shape index (κ2) is 8.53. The normalized spacial score (nSPS) is 17.2. The van der Waals surface area contributed by atoms with Crippen LogP contribution in [-0.4, -0.2) is 42.8 Å². The molecule has 148 valence electrons. The van der Waals surface area contributed by atoms with Gasteiger partial charge in [0.1, 0.15) is 5.54 Å². The molecule has 1 aromatic carbocycles. The summed E-state index contributed by atoms with van der Waals surface area (Å²) < 4.78 is 15.5. The van der Waals surface area contributed by atoms with Gasteiger partial charge in [-0.05, 0) is 36.6 Å². The zero-order valence-corrected chi connectivity index (χ0v) is 16.3. The second-order valence-corrected chi connectivity index (χ2v) is 7.24. The van der Waals surface area contributed by atoms with E-state index in [1.807, 2.05) is 0 Å². The van der Waals surface area contributed by atoms with Crippen LogP contribution in [0, 0.1) is 11.3 Å². The topological polar surface area (TPSA) is 88.9 Å². The van der Waals surface area contributed by atoms with E-state index >= 15 is 0 Å². The van der Waals surface area contributed by atoms with Crippen LogP contribution in [0.3, 0.4) is 0 Å². The van der Waals surface area contributed by atoms with Crippen LogP contribution in [0.2, 0.25) is 5.02 Å². The van der Waals surface area contributed by atoms with E-state index in [9.17, 15) is 14.9 Å². The molecule has 1 aliphatic heterocycles. The average molecular weight is 405 g/mol. The zero-order chi connectivity index (χ0) is 20.1. The van der Waals surface area contributed by atoms with Crippen molar-refractivity contribution in [1.82, 2.24) is 4.90 Å². The van der Waals surface area contributed by atoms with Gasteiger partial charge in [0, 0.05) is 13.1 Å². The van der Waals surface area contributed by atoms with Crippen molar-refractivity contribution < 1.29 is 23.8 Å². The molecule has 0 unspecified atom stereocenters. The van der Waals surface area contributed by atoms with Crippen molar-refractivity contribution in [3.8, 4) is 17.6 Å². The Morgan fingerprint density at radius 1 is 1.32 bits per heavy atom. The van der Waals surface area contributed by atoms with Crippen molar-refractivity contribution in [1.29, 1.82) is 5.26 Å². The SMILES string of the molecule is CN(C(=O)COC(=O)/C=C/c1cc(Cl)c2c(c1)OCO2)C1(C#N)CCCCC1. The highest BCUT2D eigenvalue weighted by molar-refractivity contribution is 6.32. The van der Waals surface area contributed by atoms with Gasteiger partial charge in [-0.25, -0.2) is 4.79 Å². The number of hydrogen-bond acceptors (Lipinski definition) is 6. The highest BCUT2D eigenvalue weighted by Gasteiger charge is 2.38. The third kappa shape index (κ3) is 4.23. The summed E-state index contributed by atoms with van der Waals surface area (Å²) in [4.78, 5) is 25.8. The molecule has 3 rings (SSSR count). The number of hydrogen-bond donors (Lipinski definition) is 0. The summed E-state index contributed by atoms with van der Waals surface area (Å²) >= 11 is 6.10. The fourth-order valence-corrected chi connectivity index (χ4v) is 3.70. The van der Waals surface area contributed by atoms with Gasteiger partial charge in [0.25, 0.3) is 5.91 Å². The lowest BCUT2D eigenvalue weighted by Crippen LogP contribution is -2.51. The maximum absolute atomic E-state index is 12.4. The Morgan fingerprint density at radius 2 is 2.07 bits per heavy atom. The lowest BCUT2D eigenvalue weighted by molar-refractivity contribution is -0.150. The van der Waals surface area contributed by atoms with Gasteiger partial charge in [-0.2, -0.15) is 5.26 Å². The van der Waals surface area contributed by atoms with Crippen molar-refractivity contribution in [2.75, 3.05) is 20.4 Å². The van der Waals surface area contributed by atoms with Crippen LogP contribution in [0.15, 0.2) is 18.2 Å². The highest BCUT2D eigenvalue weighted by Crippen LogP contribution is 2.40. The number of carbonyl (C=O) groups is 2. The molecule has 0 N–H and O–H groups in total. The number of carbonyl (C=O) groups excluding carboxylic acids is 2. The first-order valence-electron chi connectivity index (χ1n) is 9.07. The third-order valence-corrected chi connectivity index (χ3v) is 5.39. The van der Waals surface area contributed by atoms with E-state index in [0.29, 0.717) is 34.9 Å². The van der Waals surface area contributed by atoms with Gasteiger partial charge in [0.2, 0.25) is 6.79 Å². The molecule has 1 fully saturated rings. The van der Waals surface area contributed by atoms with Crippen LogP contribution in [0.4, 0.5) is 0 Å². The average Bonchev–Trinajstić information content (AvgIpc) is 3.19. The van der Waals surface area contributed by atoms with Crippen LogP contribution < -0.4 is 9.47 Å². The number of nitriles is 1. The van der Waals surface area contributed by atoms with Gasteiger partial charge in [0.05, 0.1) is 11.1 Å². The van der Waals surface area contributed by atoms with Gasteiger partial charge in [-0.3, -0.25) is 4.79 Å². The molecular formula is C20H21ClN2O5. The molecule has 1 amide bonds. The van der Waals surface area contributed by atoms with Crippen molar-refractivity contribution in [3.05, 3.63) is 28.8 Å². The fraction of sp³-hybridized carbons (Fsp3) is 0.450. The number of nitrogens with zero attached hydrogens (tertiary/aromatic N) is 2. The maximum Gasteiger partial charge on any atom is 0.331 e. The smallest absolute Gasteiger partial charge is 0.331 e. The number of halogens is 1. The molecule has 7 nitrogen and oxygen atoms in total. The van der Waals surface area contributed by atoms with E-state index in [0.717, 1.165) is 19.3 Å². The van der Waals surface area contributed by atoms with Crippen LogP contribution in [-0.2, 0) is 14.3 Å². The summed E-state index contributed by atoms with van der Waals surface area (Å²) in [5, 5.41) is 9.93. The number of fused-ring (bicyclic) bond motifs is 1. The molecule has 0 saturated heterocycles. The molecule has 0 spiro atoms. The zero-order valence-electron chi connectivity index (χ0n) is 15.6. The molecule has 0 atom stereocenters. The summed E-state index contributed by atoms with van der Waals surface area (Å²) in [6.07, 6.45) is 6.89. The Morgan fingerprint density at radius 3 is 2.79 bits per heavy atom. The van der Waals surface area contributed by atoms with E-state index < -0.39 is 24.0 Å². The highest BCUT2D eigenvalue weighted by atomic mass is 35.5. The number of esters is 1. The van der Waals surface area contributed by atoms with E-state index in [-0.39, 0.29) is 6.79 Å². The number of ether oxygens (including phenoxy) is 3. The summed E-state index contributed by atoms with van der Waals surface area (Å²) in [5.74, 6) is -0.0720. The Labute approximate surface area is 168 Å². The molecule has 1 heterocycles. The standard InChI is InChI=1S/C20H21ClN2O5/c1-23(20(12-22)7-3-2-4-8-20)17(24)11-26-18(25)6-5-14-9-15(21)19-16(10-14)27-13-28-19/h5-6,9-10H,2-4,7-8,11,13H2,1H3/b6-5+. The maximum atomic E-state index is 12.4. The van der Waals surface area contributed by atoms with Crippen molar-refractivity contribution in [3.63, 3.8) is 0 Å². The van der Waals surface area contributed by atoms with Crippen LogP contribution in [0.1, 0.15) is 37.7 Å². The molecule has 0 bridgehead atoms. The van der Waals surface area contributed by atoms with Gasteiger partial charge in [-0.15, -0.1) is 0 Å². The summed E-state index contributed by atoms with van der Waals surface area (Å²) in [7, 11) is 1.59. The fourth-order valence-electron chi connectivity index (χ4n) is 3.42. The molecular weight excluding hydrogens is 384 g/mol. The first kappa shape index (κ1) is 20.0. The van der Waals surface area contributed by atoms with E-state index in [1.54, 1.807) is 19.2 Å². The minimum atomic E-state index is -0.805. The largest absolute Gasteiger partial charge is 0.454 e. The minimum absolute atomic E-state index is 0.101. The monoisotopic (exact) mass is 404 g/mol. The van der Waals surface area contributed by atoms with Crippen molar-refractivity contribution >= 4 is 29.6 Å². The number of rotatable bonds is 5. The van der Waals surface area contributed by atoms with Crippen molar-refractivity contribution in [2.45, 2.75) is 37.6 Å². The predicted molar refractivity (Wildman–Crippen MR) is 102 cm³/mol. The van der Waals surface area contributed by atoms with Gasteiger partial charge in [0.15, 0.2) is 18.1 Å². The molecule has 28 heavy (non-hydrogen) atoms. The summed E-state index contributed by atoms with van der Waals surface area (Å²) in [6, 6.07) is 5.60. The number of amides is 1. The van der Waals surface area contributed by atoms with Crippen LogP contribution >= 0.6 is 11.6 Å². The minimum Gasteiger partial charge on any atom is -0.454 e. The first-order chi connectivity index (χ1) is 13.4. The summed E-state index contributed by atoms with van der Waals surface area (Å²) in [6.45, 7) is -0.310. The quantitative estimate of drug-likeness (QED) is 0.552. The molecule has 1 aromatic rings.